The normalized spacial score (nSPS) is 10.2. The number of amides is 2. The van der Waals surface area contributed by atoms with E-state index < -0.39 is 0 Å². The molecule has 0 bridgehead atoms. The number of carbonyl (C=O) groups excluding carboxylic acids is 2. The Labute approximate surface area is 150 Å². The number of carbonyl (C=O) groups is 2. The van der Waals surface area contributed by atoms with Crippen LogP contribution in [0.25, 0.3) is 0 Å². The number of hydrogen-bond acceptors (Lipinski definition) is 5. The minimum absolute atomic E-state index is 0.173. The summed E-state index contributed by atoms with van der Waals surface area (Å²) in [5, 5.41) is 8.62. The first-order valence-corrected chi connectivity index (χ1v) is 8.00. The number of rotatable bonds is 6. The van der Waals surface area contributed by atoms with Crippen LogP contribution in [0, 0.1) is 0 Å². The third-order valence-corrected chi connectivity index (χ3v) is 3.49. The molecule has 0 aliphatic carbocycles. The fraction of sp³-hybridized carbons (Fsp3) is 0.105. The van der Waals surface area contributed by atoms with Gasteiger partial charge in [-0.2, -0.15) is 0 Å². The highest BCUT2D eigenvalue weighted by atomic mass is 16.3. The number of furan rings is 1. The fourth-order valence-electron chi connectivity index (χ4n) is 2.34. The zero-order valence-corrected chi connectivity index (χ0v) is 14.2. The molecule has 2 heterocycles. The van der Waals surface area contributed by atoms with Crippen molar-refractivity contribution in [3.63, 3.8) is 0 Å². The molecule has 2 amide bonds. The van der Waals surface area contributed by atoms with Gasteiger partial charge in [0.15, 0.2) is 0 Å². The smallest absolute Gasteiger partial charge is 0.257 e. The molecule has 7 nitrogen and oxygen atoms in total. The van der Waals surface area contributed by atoms with E-state index in [2.05, 4.69) is 20.9 Å². The molecule has 0 radical (unpaired) electrons. The van der Waals surface area contributed by atoms with Crippen molar-refractivity contribution < 1.29 is 14.0 Å². The van der Waals surface area contributed by atoms with Gasteiger partial charge in [-0.15, -0.1) is 0 Å². The predicted molar refractivity (Wildman–Crippen MR) is 99.0 cm³/mol. The van der Waals surface area contributed by atoms with Gasteiger partial charge >= 0.3 is 0 Å². The zero-order chi connectivity index (χ0) is 18.4. The van der Waals surface area contributed by atoms with E-state index in [1.807, 2.05) is 12.1 Å². The Bertz CT molecular complexity index is 907. The molecule has 2 aromatic heterocycles. The van der Waals surface area contributed by atoms with Crippen LogP contribution >= 0.6 is 0 Å². The lowest BCUT2D eigenvalue weighted by Crippen LogP contribution is -2.13. The molecule has 0 saturated heterocycles. The molecular weight excluding hydrogens is 332 g/mol. The second-order valence-electron chi connectivity index (χ2n) is 5.61. The Morgan fingerprint density at radius 2 is 1.81 bits per heavy atom. The standard InChI is InChI=1S/C19H18N4O3/c1-13(24)22-15-4-2-5-16(9-15)23-19(25)14-8-17(11-20-10-14)21-12-18-6-3-7-26-18/h2-11,21H,12H2,1H3,(H,22,24)(H,23,25). The molecule has 0 unspecified atom stereocenters. The van der Waals surface area contributed by atoms with Gasteiger partial charge in [-0.25, -0.2) is 0 Å². The van der Waals surface area contributed by atoms with Crippen LogP contribution in [0.3, 0.4) is 0 Å². The molecule has 26 heavy (non-hydrogen) atoms. The minimum atomic E-state index is -0.292. The number of pyridine rings is 1. The Kier molecular flexibility index (Phi) is 5.28. The van der Waals surface area contributed by atoms with Crippen LogP contribution in [0.15, 0.2) is 65.5 Å². The van der Waals surface area contributed by atoms with E-state index in [1.165, 1.54) is 13.1 Å². The van der Waals surface area contributed by atoms with Crippen molar-refractivity contribution in [3.05, 3.63) is 72.4 Å². The second-order valence-corrected chi connectivity index (χ2v) is 5.61. The Morgan fingerprint density at radius 1 is 1.00 bits per heavy atom. The largest absolute Gasteiger partial charge is 0.467 e. The van der Waals surface area contributed by atoms with Crippen LogP contribution in [0.5, 0.6) is 0 Å². The number of aromatic nitrogens is 1. The summed E-state index contributed by atoms with van der Waals surface area (Å²) in [5.41, 5.74) is 2.32. The van der Waals surface area contributed by atoms with Gasteiger partial charge in [0.05, 0.1) is 24.1 Å². The van der Waals surface area contributed by atoms with E-state index in [4.69, 9.17) is 4.42 Å². The van der Waals surface area contributed by atoms with Gasteiger partial charge in [0, 0.05) is 30.7 Å². The Hall–Kier alpha value is -3.61. The van der Waals surface area contributed by atoms with Gasteiger partial charge < -0.3 is 20.4 Å². The third kappa shape index (κ3) is 4.70. The van der Waals surface area contributed by atoms with Crippen molar-refractivity contribution in [2.75, 3.05) is 16.0 Å². The first-order valence-electron chi connectivity index (χ1n) is 8.00. The Morgan fingerprint density at radius 3 is 2.54 bits per heavy atom. The number of nitrogens with one attached hydrogen (secondary N) is 3. The van der Waals surface area contributed by atoms with Crippen LogP contribution in [0.2, 0.25) is 0 Å². The molecule has 0 saturated carbocycles. The maximum Gasteiger partial charge on any atom is 0.257 e. The summed E-state index contributed by atoms with van der Waals surface area (Å²) in [4.78, 5) is 27.7. The summed E-state index contributed by atoms with van der Waals surface area (Å²) in [5.74, 6) is 0.321. The highest BCUT2D eigenvalue weighted by Crippen LogP contribution is 2.17. The quantitative estimate of drug-likeness (QED) is 0.632. The summed E-state index contributed by atoms with van der Waals surface area (Å²) in [7, 11) is 0. The van der Waals surface area contributed by atoms with Crippen LogP contribution in [0.1, 0.15) is 23.0 Å². The van der Waals surface area contributed by atoms with E-state index in [9.17, 15) is 9.59 Å². The lowest BCUT2D eigenvalue weighted by molar-refractivity contribution is -0.114. The molecular formula is C19H18N4O3. The molecule has 7 heteroatoms. The predicted octanol–water partition coefficient (Wildman–Crippen LogP) is 3.50. The summed E-state index contributed by atoms with van der Waals surface area (Å²) >= 11 is 0. The maximum atomic E-state index is 12.4. The van der Waals surface area contributed by atoms with Gasteiger partial charge in [0.25, 0.3) is 5.91 Å². The minimum Gasteiger partial charge on any atom is -0.467 e. The van der Waals surface area contributed by atoms with Gasteiger partial charge in [-0.05, 0) is 36.4 Å². The second kappa shape index (κ2) is 7.98. The molecule has 0 aliphatic heterocycles. The van der Waals surface area contributed by atoms with Crippen molar-refractivity contribution >= 4 is 28.9 Å². The number of benzene rings is 1. The van der Waals surface area contributed by atoms with Crippen LogP contribution in [-0.4, -0.2) is 16.8 Å². The average Bonchev–Trinajstić information content (AvgIpc) is 3.13. The van der Waals surface area contributed by atoms with Gasteiger partial charge in [-0.1, -0.05) is 6.07 Å². The third-order valence-electron chi connectivity index (χ3n) is 3.49. The highest BCUT2D eigenvalue weighted by molar-refractivity contribution is 6.05. The van der Waals surface area contributed by atoms with E-state index in [-0.39, 0.29) is 11.8 Å². The summed E-state index contributed by atoms with van der Waals surface area (Å²) in [6.07, 6.45) is 4.73. The number of anilines is 3. The van der Waals surface area contributed by atoms with Crippen LogP contribution in [0.4, 0.5) is 17.1 Å². The number of hydrogen-bond donors (Lipinski definition) is 3. The summed E-state index contributed by atoms with van der Waals surface area (Å²) in [6.45, 7) is 1.93. The average molecular weight is 350 g/mol. The highest BCUT2D eigenvalue weighted by Gasteiger charge is 2.08. The first kappa shape index (κ1) is 17.2. The molecule has 1 aromatic carbocycles. The SMILES string of the molecule is CC(=O)Nc1cccc(NC(=O)c2cncc(NCc3ccco3)c2)c1. The van der Waals surface area contributed by atoms with Gasteiger partial charge in [0.2, 0.25) is 5.91 Å². The van der Waals surface area contributed by atoms with Gasteiger partial charge in [-0.3, -0.25) is 14.6 Å². The molecule has 0 fully saturated rings. The van der Waals surface area contributed by atoms with E-state index in [0.29, 0.717) is 29.2 Å². The maximum absolute atomic E-state index is 12.4. The van der Waals surface area contributed by atoms with Crippen molar-refractivity contribution in [3.8, 4) is 0 Å². The zero-order valence-electron chi connectivity index (χ0n) is 14.2. The molecule has 0 spiro atoms. The van der Waals surface area contributed by atoms with Crippen LogP contribution < -0.4 is 16.0 Å². The molecule has 0 aliphatic rings. The molecule has 132 valence electrons. The van der Waals surface area contributed by atoms with Gasteiger partial charge in [0.1, 0.15) is 5.76 Å². The molecule has 3 aromatic rings. The molecule has 3 N–H and O–H groups in total. The monoisotopic (exact) mass is 350 g/mol. The first-order chi connectivity index (χ1) is 12.6. The van der Waals surface area contributed by atoms with Crippen LogP contribution in [-0.2, 0) is 11.3 Å². The fourth-order valence-corrected chi connectivity index (χ4v) is 2.34. The lowest BCUT2D eigenvalue weighted by Gasteiger charge is -2.09. The topological polar surface area (TPSA) is 96.3 Å². The van der Waals surface area contributed by atoms with E-state index in [1.54, 1.807) is 42.8 Å². The van der Waals surface area contributed by atoms with E-state index >= 15 is 0 Å². The van der Waals surface area contributed by atoms with Crippen molar-refractivity contribution in [2.24, 2.45) is 0 Å². The molecule has 3 rings (SSSR count). The summed E-state index contributed by atoms with van der Waals surface area (Å²) in [6, 6.07) is 12.3. The van der Waals surface area contributed by atoms with Crippen molar-refractivity contribution in [1.29, 1.82) is 0 Å². The van der Waals surface area contributed by atoms with E-state index in [0.717, 1.165) is 5.76 Å². The number of nitrogens with zero attached hydrogens (tertiary/aromatic N) is 1. The lowest BCUT2D eigenvalue weighted by atomic mass is 10.2. The molecule has 0 atom stereocenters. The Balaban J connectivity index is 1.66. The van der Waals surface area contributed by atoms with Crippen molar-refractivity contribution in [2.45, 2.75) is 13.5 Å². The summed E-state index contributed by atoms with van der Waals surface area (Å²) < 4.78 is 5.26. The van der Waals surface area contributed by atoms with Crippen molar-refractivity contribution in [1.82, 2.24) is 4.98 Å².